The topological polar surface area (TPSA) is 99.3 Å². The summed E-state index contributed by atoms with van der Waals surface area (Å²) >= 11 is 0. The average Bonchev–Trinajstić information content (AvgIpc) is 2.67. The molecule has 1 heterocycles. The second-order valence-electron chi connectivity index (χ2n) is 7.13. The van der Waals surface area contributed by atoms with E-state index in [9.17, 15) is 18.0 Å². The number of carbonyl (C=O) groups is 1. The van der Waals surface area contributed by atoms with E-state index in [0.29, 0.717) is 11.2 Å². The molecule has 8 heteroatoms. The number of hydrogen-bond acceptors (Lipinski definition) is 4. The number of rotatable bonds is 5. The summed E-state index contributed by atoms with van der Waals surface area (Å²) in [6, 6.07) is 11.3. The Morgan fingerprint density at radius 1 is 1.14 bits per heavy atom. The van der Waals surface area contributed by atoms with Crippen LogP contribution in [-0.2, 0) is 10.0 Å². The summed E-state index contributed by atoms with van der Waals surface area (Å²) in [5.41, 5.74) is 1.23. The van der Waals surface area contributed by atoms with Crippen molar-refractivity contribution in [3.63, 3.8) is 0 Å². The van der Waals surface area contributed by atoms with Gasteiger partial charge in [-0.1, -0.05) is 18.2 Å². The van der Waals surface area contributed by atoms with Gasteiger partial charge in [0.15, 0.2) is 0 Å². The molecule has 0 aliphatic carbocycles. The Hall–Kier alpha value is -3.13. The van der Waals surface area contributed by atoms with Gasteiger partial charge in [-0.25, -0.2) is 8.42 Å². The van der Waals surface area contributed by atoms with E-state index in [0.717, 1.165) is 5.56 Å². The number of hydrogen-bond donors (Lipinski definition) is 2. The summed E-state index contributed by atoms with van der Waals surface area (Å²) < 4.78 is 27.5. The first kappa shape index (κ1) is 20.6. The summed E-state index contributed by atoms with van der Waals surface area (Å²) in [5.74, 6) is -0.506. The molecule has 0 spiro atoms. The molecule has 152 valence electrons. The molecular weight excluding hydrogens is 390 g/mol. The summed E-state index contributed by atoms with van der Waals surface area (Å²) in [6.45, 7) is 5.41. The van der Waals surface area contributed by atoms with E-state index in [4.69, 9.17) is 0 Å². The van der Waals surface area contributed by atoms with Crippen LogP contribution < -0.4 is 15.1 Å². The third kappa shape index (κ3) is 3.88. The molecule has 1 amide bonds. The fourth-order valence-corrected chi connectivity index (χ4v) is 4.36. The van der Waals surface area contributed by atoms with E-state index < -0.39 is 21.4 Å². The Morgan fingerprint density at radius 3 is 2.48 bits per heavy atom. The zero-order valence-electron chi connectivity index (χ0n) is 16.7. The van der Waals surface area contributed by atoms with Crippen molar-refractivity contribution in [3.8, 4) is 0 Å². The molecule has 0 bridgehead atoms. The number of pyridine rings is 1. The van der Waals surface area contributed by atoms with Gasteiger partial charge < -0.3 is 10.3 Å². The molecule has 0 fully saturated rings. The minimum absolute atomic E-state index is 0.0253. The second kappa shape index (κ2) is 7.71. The molecule has 7 nitrogen and oxygen atoms in total. The molecule has 0 aliphatic heterocycles. The van der Waals surface area contributed by atoms with Gasteiger partial charge in [0.25, 0.3) is 15.9 Å². The lowest BCUT2D eigenvalue weighted by Crippen LogP contribution is -2.33. The van der Waals surface area contributed by atoms with Crippen molar-refractivity contribution in [2.24, 2.45) is 0 Å². The molecule has 1 aromatic heterocycles. The molecule has 29 heavy (non-hydrogen) atoms. The van der Waals surface area contributed by atoms with E-state index in [-0.39, 0.29) is 21.9 Å². The minimum Gasteiger partial charge on any atom is -0.360 e. The van der Waals surface area contributed by atoms with Gasteiger partial charge in [0.1, 0.15) is 5.56 Å². The third-order valence-electron chi connectivity index (χ3n) is 4.63. The zero-order chi connectivity index (χ0) is 21.3. The average molecular weight is 413 g/mol. The van der Waals surface area contributed by atoms with E-state index >= 15 is 0 Å². The zero-order valence-corrected chi connectivity index (χ0v) is 17.5. The highest BCUT2D eigenvalue weighted by atomic mass is 32.2. The Balaban J connectivity index is 2.11. The van der Waals surface area contributed by atoms with Crippen LogP contribution in [0, 0.1) is 6.92 Å². The number of aryl methyl sites for hydroxylation is 1. The maximum Gasteiger partial charge on any atom is 0.264 e. The molecular formula is C21H23N3O4S. The fourth-order valence-electron chi connectivity index (χ4n) is 3.07. The van der Waals surface area contributed by atoms with Crippen LogP contribution >= 0.6 is 0 Å². The molecule has 0 saturated carbocycles. The van der Waals surface area contributed by atoms with Crippen LogP contribution in [0.15, 0.2) is 58.4 Å². The van der Waals surface area contributed by atoms with Crippen molar-refractivity contribution in [1.82, 2.24) is 10.3 Å². The molecule has 3 rings (SSSR count). The predicted molar refractivity (Wildman–Crippen MR) is 114 cm³/mol. The van der Waals surface area contributed by atoms with Crippen LogP contribution in [0.1, 0.15) is 29.8 Å². The fraction of sp³-hybridized carbons (Fsp3) is 0.238. The lowest BCUT2D eigenvalue weighted by Gasteiger charge is -2.21. The molecule has 2 N–H and O–H groups in total. The molecule has 0 atom stereocenters. The van der Waals surface area contributed by atoms with Gasteiger partial charge in [0.2, 0.25) is 5.43 Å². The largest absolute Gasteiger partial charge is 0.360 e. The van der Waals surface area contributed by atoms with Crippen LogP contribution in [0.25, 0.3) is 10.9 Å². The van der Waals surface area contributed by atoms with Gasteiger partial charge in [0, 0.05) is 30.2 Å². The van der Waals surface area contributed by atoms with E-state index in [2.05, 4.69) is 10.3 Å². The second-order valence-corrected chi connectivity index (χ2v) is 9.10. The van der Waals surface area contributed by atoms with Crippen molar-refractivity contribution >= 4 is 32.5 Å². The number of aromatic nitrogens is 1. The Bertz CT molecular complexity index is 1250. The number of fused-ring (bicyclic) bond motifs is 1. The van der Waals surface area contributed by atoms with Gasteiger partial charge >= 0.3 is 0 Å². The highest BCUT2D eigenvalue weighted by Gasteiger charge is 2.23. The monoisotopic (exact) mass is 413 g/mol. The Labute approximate surface area is 169 Å². The number of benzene rings is 2. The first-order valence-electron chi connectivity index (χ1n) is 9.14. The molecule has 3 aromatic rings. The number of anilines is 1. The highest BCUT2D eigenvalue weighted by molar-refractivity contribution is 7.92. The van der Waals surface area contributed by atoms with Gasteiger partial charge in [0.05, 0.1) is 10.6 Å². The number of carbonyl (C=O) groups excluding carboxylic acids is 1. The van der Waals surface area contributed by atoms with Crippen LogP contribution in [0.3, 0.4) is 0 Å². The van der Waals surface area contributed by atoms with Gasteiger partial charge in [-0.15, -0.1) is 0 Å². The van der Waals surface area contributed by atoms with Crippen molar-refractivity contribution in [2.75, 3.05) is 11.4 Å². The third-order valence-corrected chi connectivity index (χ3v) is 6.40. The van der Waals surface area contributed by atoms with Crippen LogP contribution in [0.2, 0.25) is 0 Å². The van der Waals surface area contributed by atoms with Gasteiger partial charge in [-0.2, -0.15) is 0 Å². The highest BCUT2D eigenvalue weighted by Crippen LogP contribution is 2.26. The molecule has 0 aliphatic rings. The predicted octanol–water partition coefficient (Wildman–Crippen LogP) is 2.80. The standard InChI is InChI=1S/C21H23N3O4S/c1-13(2)23-21(26)17-12-22-18-10-9-15(11-16(18)20(17)25)29(27,28)24(4)19-8-6-5-7-14(19)3/h5-13H,1-4H3,(H,22,25)(H,23,26). The van der Waals surface area contributed by atoms with Crippen LogP contribution in [-0.4, -0.2) is 32.4 Å². The molecule has 0 unspecified atom stereocenters. The number of nitrogens with one attached hydrogen (secondary N) is 2. The normalized spacial score (nSPS) is 11.6. The van der Waals surface area contributed by atoms with Crippen molar-refractivity contribution in [2.45, 2.75) is 31.7 Å². The maximum absolute atomic E-state index is 13.1. The quantitative estimate of drug-likeness (QED) is 0.672. The number of aromatic amines is 1. The SMILES string of the molecule is Cc1ccccc1N(C)S(=O)(=O)c1ccc2[nH]cc(C(=O)NC(C)C)c(=O)c2c1. The Morgan fingerprint density at radius 2 is 1.83 bits per heavy atom. The van der Waals surface area contributed by atoms with Crippen molar-refractivity contribution in [1.29, 1.82) is 0 Å². The van der Waals surface area contributed by atoms with E-state index in [1.807, 2.05) is 19.1 Å². The number of H-pyrrole nitrogens is 1. The first-order valence-corrected chi connectivity index (χ1v) is 10.6. The van der Waals surface area contributed by atoms with Gasteiger partial charge in [-0.3, -0.25) is 13.9 Å². The molecule has 0 saturated heterocycles. The minimum atomic E-state index is -3.89. The lowest BCUT2D eigenvalue weighted by molar-refractivity contribution is 0.0942. The summed E-state index contributed by atoms with van der Waals surface area (Å²) in [7, 11) is -2.42. The number of nitrogens with zero attached hydrogens (tertiary/aromatic N) is 1. The molecule has 0 radical (unpaired) electrons. The number of sulfonamides is 1. The smallest absolute Gasteiger partial charge is 0.264 e. The summed E-state index contributed by atoms with van der Waals surface area (Å²) in [5, 5.41) is 2.81. The van der Waals surface area contributed by atoms with Crippen LogP contribution in [0.4, 0.5) is 5.69 Å². The summed E-state index contributed by atoms with van der Waals surface area (Å²) in [6.07, 6.45) is 1.34. The van der Waals surface area contributed by atoms with Crippen LogP contribution in [0.5, 0.6) is 0 Å². The number of amides is 1. The van der Waals surface area contributed by atoms with E-state index in [1.54, 1.807) is 26.0 Å². The Kier molecular flexibility index (Phi) is 5.48. The lowest BCUT2D eigenvalue weighted by atomic mass is 10.1. The van der Waals surface area contributed by atoms with Gasteiger partial charge in [-0.05, 0) is 50.6 Å². The van der Waals surface area contributed by atoms with Crippen molar-refractivity contribution in [3.05, 3.63) is 70.0 Å². The maximum atomic E-state index is 13.1. The summed E-state index contributed by atoms with van der Waals surface area (Å²) in [4.78, 5) is 28.0. The van der Waals surface area contributed by atoms with Crippen molar-refractivity contribution < 1.29 is 13.2 Å². The first-order chi connectivity index (χ1) is 13.6. The van der Waals surface area contributed by atoms with E-state index in [1.165, 1.54) is 35.7 Å². The molecule has 2 aromatic carbocycles. The number of para-hydroxylation sites is 1.